The number of aryl methyl sites for hydroxylation is 1. The van der Waals surface area contributed by atoms with Crippen molar-refractivity contribution in [3.63, 3.8) is 0 Å². The first-order valence-electron chi connectivity index (χ1n) is 7.68. The molecule has 134 valence electrons. The second-order valence-corrected chi connectivity index (χ2v) is 6.40. The van der Waals surface area contributed by atoms with E-state index in [1.807, 2.05) is 13.0 Å². The fourth-order valence-electron chi connectivity index (χ4n) is 2.07. The highest BCUT2D eigenvalue weighted by molar-refractivity contribution is 9.10. The number of nitrogens with one attached hydrogen (secondary N) is 2. The van der Waals surface area contributed by atoms with Gasteiger partial charge in [-0.05, 0) is 42.8 Å². The lowest BCUT2D eigenvalue weighted by Crippen LogP contribution is -2.41. The zero-order chi connectivity index (χ0) is 19.1. The number of carboxylic acids is 1. The van der Waals surface area contributed by atoms with Crippen molar-refractivity contribution in [3.05, 3.63) is 75.4 Å². The fourth-order valence-corrected chi connectivity index (χ4v) is 2.49. The van der Waals surface area contributed by atoms with Crippen LogP contribution in [0.5, 0.6) is 0 Å². The van der Waals surface area contributed by atoms with Crippen LogP contribution in [0.2, 0.25) is 0 Å². The van der Waals surface area contributed by atoms with Crippen molar-refractivity contribution in [2.24, 2.45) is 0 Å². The molecule has 0 atom stereocenters. The Bertz CT molecular complexity index is 860. The van der Waals surface area contributed by atoms with Crippen LogP contribution in [0.3, 0.4) is 0 Å². The summed E-state index contributed by atoms with van der Waals surface area (Å²) in [5.41, 5.74) is 1.96. The maximum Gasteiger partial charge on any atom is 0.268 e. The van der Waals surface area contributed by atoms with Crippen molar-refractivity contribution < 1.29 is 19.5 Å². The van der Waals surface area contributed by atoms with Gasteiger partial charge in [-0.15, -0.1) is 0 Å². The Labute approximate surface area is 159 Å². The minimum atomic E-state index is -1.43. The van der Waals surface area contributed by atoms with Crippen LogP contribution in [0.1, 0.15) is 21.5 Å². The lowest BCUT2D eigenvalue weighted by Gasteiger charge is -2.12. The molecule has 0 aliphatic heterocycles. The molecule has 0 bridgehead atoms. The SMILES string of the molecule is Cc1ccc(C(=O)N/C(=C/c2cccc(Br)c2)C(=O)NCC(=O)[O-])cc1. The summed E-state index contributed by atoms with van der Waals surface area (Å²) < 4.78 is 0.797. The summed E-state index contributed by atoms with van der Waals surface area (Å²) in [7, 11) is 0. The third-order valence-corrected chi connectivity index (χ3v) is 3.85. The van der Waals surface area contributed by atoms with Crippen LogP contribution < -0.4 is 15.7 Å². The minimum Gasteiger partial charge on any atom is -0.548 e. The Morgan fingerprint density at radius 3 is 2.42 bits per heavy atom. The summed E-state index contributed by atoms with van der Waals surface area (Å²) in [5.74, 6) is -2.63. The molecule has 2 N–H and O–H groups in total. The molecular weight excluding hydrogens is 400 g/mol. The number of rotatable bonds is 6. The van der Waals surface area contributed by atoms with Gasteiger partial charge in [-0.2, -0.15) is 0 Å². The van der Waals surface area contributed by atoms with Crippen LogP contribution in [0.4, 0.5) is 0 Å². The van der Waals surface area contributed by atoms with Gasteiger partial charge >= 0.3 is 0 Å². The summed E-state index contributed by atoms with van der Waals surface area (Å²) in [6, 6.07) is 13.9. The van der Waals surface area contributed by atoms with E-state index in [-0.39, 0.29) is 5.70 Å². The van der Waals surface area contributed by atoms with Crippen LogP contribution in [0, 0.1) is 6.92 Å². The van der Waals surface area contributed by atoms with E-state index < -0.39 is 24.3 Å². The van der Waals surface area contributed by atoms with E-state index in [0.29, 0.717) is 11.1 Å². The third-order valence-electron chi connectivity index (χ3n) is 3.36. The Hall–Kier alpha value is -2.93. The average molecular weight is 416 g/mol. The zero-order valence-electron chi connectivity index (χ0n) is 13.9. The highest BCUT2D eigenvalue weighted by Gasteiger charge is 2.14. The number of hydrogen-bond acceptors (Lipinski definition) is 4. The molecule has 6 nitrogen and oxygen atoms in total. The normalized spacial score (nSPS) is 10.9. The van der Waals surface area contributed by atoms with Gasteiger partial charge in [-0.3, -0.25) is 9.59 Å². The number of benzene rings is 2. The molecule has 0 saturated carbocycles. The molecule has 0 spiro atoms. The van der Waals surface area contributed by atoms with Gasteiger partial charge < -0.3 is 20.5 Å². The second kappa shape index (κ2) is 8.96. The van der Waals surface area contributed by atoms with Gasteiger partial charge in [0.05, 0.1) is 12.5 Å². The summed E-state index contributed by atoms with van der Waals surface area (Å²) in [5, 5.41) is 15.3. The molecule has 2 rings (SSSR count). The Morgan fingerprint density at radius 2 is 1.81 bits per heavy atom. The Balaban J connectivity index is 2.27. The van der Waals surface area contributed by atoms with Crippen LogP contribution in [0.25, 0.3) is 6.08 Å². The molecule has 0 saturated heterocycles. The fraction of sp³-hybridized carbons (Fsp3) is 0.105. The van der Waals surface area contributed by atoms with Crippen molar-refractivity contribution >= 4 is 39.8 Å². The molecule has 0 aliphatic rings. The monoisotopic (exact) mass is 415 g/mol. The number of halogens is 1. The van der Waals surface area contributed by atoms with Crippen molar-refractivity contribution in [1.82, 2.24) is 10.6 Å². The maximum absolute atomic E-state index is 12.4. The predicted molar refractivity (Wildman–Crippen MR) is 98.8 cm³/mol. The van der Waals surface area contributed by atoms with Gasteiger partial charge in [0, 0.05) is 10.0 Å². The molecule has 2 aromatic carbocycles. The quantitative estimate of drug-likeness (QED) is 0.696. The predicted octanol–water partition coefficient (Wildman–Crippen LogP) is 1.39. The highest BCUT2D eigenvalue weighted by Crippen LogP contribution is 2.14. The van der Waals surface area contributed by atoms with Gasteiger partial charge in [0.15, 0.2) is 0 Å². The summed E-state index contributed by atoms with van der Waals surface area (Å²) >= 11 is 3.33. The lowest BCUT2D eigenvalue weighted by molar-refractivity contribution is -0.303. The smallest absolute Gasteiger partial charge is 0.268 e. The van der Waals surface area contributed by atoms with Crippen molar-refractivity contribution in [1.29, 1.82) is 0 Å². The van der Waals surface area contributed by atoms with Crippen LogP contribution >= 0.6 is 15.9 Å². The van der Waals surface area contributed by atoms with E-state index in [0.717, 1.165) is 10.0 Å². The first kappa shape index (κ1) is 19.4. The highest BCUT2D eigenvalue weighted by atomic mass is 79.9. The molecule has 0 fully saturated rings. The number of carboxylic acid groups (broad SMARTS) is 1. The van der Waals surface area contributed by atoms with Gasteiger partial charge in [0.2, 0.25) is 0 Å². The topological polar surface area (TPSA) is 98.3 Å². The van der Waals surface area contributed by atoms with E-state index in [4.69, 9.17) is 0 Å². The Kier molecular flexibility index (Phi) is 6.68. The minimum absolute atomic E-state index is 0.0741. The van der Waals surface area contributed by atoms with E-state index in [9.17, 15) is 19.5 Å². The summed E-state index contributed by atoms with van der Waals surface area (Å²) in [6.07, 6.45) is 1.46. The molecule has 0 unspecified atom stereocenters. The maximum atomic E-state index is 12.4. The molecule has 0 heterocycles. The molecule has 2 amide bonds. The largest absolute Gasteiger partial charge is 0.548 e. The zero-order valence-corrected chi connectivity index (χ0v) is 15.5. The van der Waals surface area contributed by atoms with Crippen LogP contribution in [-0.4, -0.2) is 24.3 Å². The van der Waals surface area contributed by atoms with Gasteiger partial charge in [-0.25, -0.2) is 0 Å². The standard InChI is InChI=1S/C19H17BrN2O4/c1-12-5-7-14(8-6-12)18(25)22-16(19(26)21-11-17(23)24)10-13-3-2-4-15(20)9-13/h2-10H,11H2,1H3,(H,21,26)(H,22,25)(H,23,24)/p-1/b16-10+. The first-order valence-corrected chi connectivity index (χ1v) is 8.48. The Morgan fingerprint density at radius 1 is 1.12 bits per heavy atom. The summed E-state index contributed by atoms with van der Waals surface area (Å²) in [6.45, 7) is 1.24. The van der Waals surface area contributed by atoms with Gasteiger partial charge in [-0.1, -0.05) is 45.8 Å². The average Bonchev–Trinajstić information content (AvgIpc) is 2.59. The second-order valence-electron chi connectivity index (χ2n) is 5.49. The first-order chi connectivity index (χ1) is 12.3. The molecule has 2 aromatic rings. The van der Waals surface area contributed by atoms with Gasteiger partial charge in [0.1, 0.15) is 5.70 Å². The van der Waals surface area contributed by atoms with Crippen LogP contribution in [-0.2, 0) is 9.59 Å². The van der Waals surface area contributed by atoms with E-state index in [2.05, 4.69) is 26.6 Å². The molecule has 0 aromatic heterocycles. The number of carbonyl (C=O) groups excluding carboxylic acids is 3. The van der Waals surface area contributed by atoms with Gasteiger partial charge in [0.25, 0.3) is 11.8 Å². The van der Waals surface area contributed by atoms with Crippen LogP contribution in [0.15, 0.2) is 58.7 Å². The van der Waals surface area contributed by atoms with E-state index in [1.54, 1.807) is 42.5 Å². The third kappa shape index (κ3) is 5.86. The van der Waals surface area contributed by atoms with Crippen molar-refractivity contribution in [3.8, 4) is 0 Å². The van der Waals surface area contributed by atoms with Crippen molar-refractivity contribution in [2.75, 3.05) is 6.54 Å². The molecule has 26 heavy (non-hydrogen) atoms. The molecule has 0 radical (unpaired) electrons. The summed E-state index contributed by atoms with van der Waals surface area (Å²) in [4.78, 5) is 35.2. The number of hydrogen-bond donors (Lipinski definition) is 2. The van der Waals surface area contributed by atoms with Crippen molar-refractivity contribution in [2.45, 2.75) is 6.92 Å². The molecule has 0 aliphatic carbocycles. The molecule has 7 heteroatoms. The van der Waals surface area contributed by atoms with E-state index in [1.165, 1.54) is 6.08 Å². The number of amides is 2. The number of carbonyl (C=O) groups is 3. The molecular formula is C19H16BrN2O4-. The lowest BCUT2D eigenvalue weighted by atomic mass is 10.1. The van der Waals surface area contributed by atoms with E-state index >= 15 is 0 Å². The number of aliphatic carboxylic acids is 1.